The standard InChI is InChI=1S/C26H42O6.C25H38O6/c1-4-22(29)32-21-16-31-24-23-19(9-11-26(21,24)3)25(2)10-8-18(14-17(25)15-20(23)28)30-13-7-5-6-12-27;1-16(27)31-21-15-30-23-22-19(8-10-25(21,23)3)24(2)9-7-18(13-17(24)14-20(22)28)29-12-6-4-5-11-26/h12,17-21,23-24,28H,4-11,13-16H2,1-3H3;11,14,18-23,28H,4-10,12-13,15H2,1-3H3/t17?,18-,19?,20-,21-,23?,24?,25-,26+;18-,19?,20-,21-,22?,23?,24-,25+/m00/s1. The Kier molecular flexibility index (Phi) is 15.7. The molecule has 8 rings (SSSR count). The Hall–Kier alpha value is -2.22. The van der Waals surface area contributed by atoms with Crippen molar-refractivity contribution < 1.29 is 57.8 Å². The van der Waals surface area contributed by atoms with E-state index in [1.54, 1.807) is 0 Å². The summed E-state index contributed by atoms with van der Waals surface area (Å²) in [4.78, 5) is 44.5. The highest BCUT2D eigenvalue weighted by atomic mass is 16.6. The van der Waals surface area contributed by atoms with E-state index in [0.29, 0.717) is 56.8 Å². The number of carbonyl (C=O) groups is 4. The Morgan fingerprint density at radius 2 is 1.30 bits per heavy atom. The van der Waals surface area contributed by atoms with Crippen LogP contribution in [0.25, 0.3) is 0 Å². The van der Waals surface area contributed by atoms with E-state index in [1.165, 1.54) is 12.5 Å². The molecule has 0 aromatic heterocycles. The van der Waals surface area contributed by atoms with Crippen molar-refractivity contribution in [2.75, 3.05) is 26.4 Å². The van der Waals surface area contributed by atoms with Crippen molar-refractivity contribution >= 4 is 24.5 Å². The van der Waals surface area contributed by atoms with Crippen LogP contribution >= 0.6 is 0 Å². The molecule has 0 aromatic carbocycles. The zero-order chi connectivity index (χ0) is 45.2. The largest absolute Gasteiger partial charge is 0.459 e. The third kappa shape index (κ3) is 9.65. The summed E-state index contributed by atoms with van der Waals surface area (Å²) in [5, 5.41) is 22.5. The van der Waals surface area contributed by atoms with E-state index in [2.05, 4.69) is 33.8 Å². The predicted molar refractivity (Wildman–Crippen MR) is 235 cm³/mol. The van der Waals surface area contributed by atoms with E-state index in [9.17, 15) is 29.4 Å². The fourth-order valence-corrected chi connectivity index (χ4v) is 14.5. The normalized spacial score (nSPS) is 44.7. The van der Waals surface area contributed by atoms with Crippen LogP contribution in [0.4, 0.5) is 0 Å². The van der Waals surface area contributed by atoms with Gasteiger partial charge in [-0.3, -0.25) is 9.59 Å². The maximum atomic E-state index is 12.0. The van der Waals surface area contributed by atoms with E-state index in [1.807, 2.05) is 6.92 Å². The predicted octanol–water partition coefficient (Wildman–Crippen LogP) is 7.66. The first kappa shape index (κ1) is 48.7. The Bertz CT molecular complexity index is 1630. The number of hydrogen-bond acceptors (Lipinski definition) is 12. The molecular weight excluding hydrogens is 805 g/mol. The van der Waals surface area contributed by atoms with Crippen molar-refractivity contribution in [1.82, 2.24) is 0 Å². The third-order valence-electron chi connectivity index (χ3n) is 18.3. The van der Waals surface area contributed by atoms with Crippen LogP contribution < -0.4 is 0 Å². The molecule has 2 N–H and O–H groups in total. The summed E-state index contributed by atoms with van der Waals surface area (Å²) >= 11 is 0. The van der Waals surface area contributed by atoms with Crippen LogP contribution in [0.5, 0.6) is 0 Å². The second-order valence-corrected chi connectivity index (χ2v) is 21.8. The molecule has 7 unspecified atom stereocenters. The number of aliphatic hydroxyl groups excluding tert-OH is 2. The Balaban J connectivity index is 0.000000189. The average Bonchev–Trinajstić information content (AvgIpc) is 3.76. The van der Waals surface area contributed by atoms with Gasteiger partial charge >= 0.3 is 11.9 Å². The molecule has 0 bridgehead atoms. The number of aldehydes is 2. The van der Waals surface area contributed by atoms with Gasteiger partial charge in [0.25, 0.3) is 0 Å². The van der Waals surface area contributed by atoms with Gasteiger partial charge in [0.2, 0.25) is 0 Å². The molecule has 0 radical (unpaired) electrons. The topological polar surface area (TPSA) is 164 Å². The molecule has 0 spiro atoms. The van der Waals surface area contributed by atoms with E-state index in [0.717, 1.165) is 115 Å². The molecule has 7 fully saturated rings. The number of unbranched alkanes of at least 4 members (excludes halogenated alkanes) is 4. The number of hydrogen-bond donors (Lipinski definition) is 2. The minimum atomic E-state index is -0.542. The van der Waals surface area contributed by atoms with E-state index in [-0.39, 0.29) is 88.2 Å². The highest BCUT2D eigenvalue weighted by Crippen LogP contribution is 2.65. The second-order valence-electron chi connectivity index (χ2n) is 21.8. The summed E-state index contributed by atoms with van der Waals surface area (Å²) in [6.45, 7) is 14.7. The molecule has 356 valence electrons. The first-order valence-corrected chi connectivity index (χ1v) is 24.9. The SMILES string of the molecule is CC(=O)O[C@H]1COC2C3C(CC[C@@]21C)[C@@]1(C)CC[C@H](OCCCCC=O)CC1=C[C@@H]3O.CCC(=O)O[C@H]1COC2C3C(CC[C@@]21C)[C@@]1(C)CC[C@H](OCCCCC=O)CC1C[C@@H]3O. The van der Waals surface area contributed by atoms with E-state index >= 15 is 0 Å². The van der Waals surface area contributed by atoms with Crippen LogP contribution in [0.2, 0.25) is 0 Å². The lowest BCUT2D eigenvalue weighted by molar-refractivity contribution is -0.195. The highest BCUT2D eigenvalue weighted by molar-refractivity contribution is 5.69. The Morgan fingerprint density at radius 3 is 1.92 bits per heavy atom. The lowest BCUT2D eigenvalue weighted by Crippen LogP contribution is -2.61. The van der Waals surface area contributed by atoms with Crippen molar-refractivity contribution in [3.63, 3.8) is 0 Å². The fourth-order valence-electron chi connectivity index (χ4n) is 14.5. The number of fused-ring (bicyclic) bond motifs is 10. The Morgan fingerprint density at radius 1 is 0.730 bits per heavy atom. The van der Waals surface area contributed by atoms with Crippen LogP contribution in [0.3, 0.4) is 0 Å². The summed E-state index contributed by atoms with van der Waals surface area (Å²) < 4.78 is 36.2. The van der Waals surface area contributed by atoms with Crippen molar-refractivity contribution in [2.24, 2.45) is 51.2 Å². The average molecular weight is 885 g/mol. The molecule has 6 aliphatic carbocycles. The van der Waals surface area contributed by atoms with Crippen molar-refractivity contribution in [3.8, 4) is 0 Å². The monoisotopic (exact) mass is 885 g/mol. The van der Waals surface area contributed by atoms with Gasteiger partial charge in [0.1, 0.15) is 24.8 Å². The lowest BCUT2D eigenvalue weighted by Gasteiger charge is -2.61. The van der Waals surface area contributed by atoms with E-state index < -0.39 is 6.10 Å². The van der Waals surface area contributed by atoms with Crippen molar-refractivity contribution in [1.29, 1.82) is 0 Å². The molecule has 5 saturated carbocycles. The molecule has 0 aromatic rings. The number of rotatable bonds is 15. The van der Waals surface area contributed by atoms with Gasteiger partial charge in [-0.1, -0.05) is 46.3 Å². The molecule has 2 heterocycles. The van der Waals surface area contributed by atoms with Gasteiger partial charge in [-0.05, 0) is 125 Å². The Labute approximate surface area is 376 Å². The molecule has 2 saturated heterocycles. The van der Waals surface area contributed by atoms with Gasteiger partial charge < -0.3 is 48.2 Å². The van der Waals surface area contributed by atoms with Gasteiger partial charge in [0.05, 0.1) is 49.8 Å². The quantitative estimate of drug-likeness (QED) is 0.0716. The number of carbonyl (C=O) groups excluding carboxylic acids is 4. The number of ether oxygens (including phenoxy) is 6. The lowest BCUT2D eigenvalue weighted by atomic mass is 9.45. The van der Waals surface area contributed by atoms with E-state index in [4.69, 9.17) is 28.4 Å². The van der Waals surface area contributed by atoms with Crippen LogP contribution in [0.1, 0.15) is 157 Å². The molecule has 17 atom stereocenters. The molecule has 12 heteroatoms. The van der Waals surface area contributed by atoms with Crippen molar-refractivity contribution in [2.45, 2.75) is 206 Å². The summed E-state index contributed by atoms with van der Waals surface area (Å²) in [5.41, 5.74) is 1.15. The van der Waals surface area contributed by atoms with Gasteiger partial charge in [-0.15, -0.1) is 0 Å². The van der Waals surface area contributed by atoms with Gasteiger partial charge in [-0.2, -0.15) is 0 Å². The van der Waals surface area contributed by atoms with Gasteiger partial charge in [0.15, 0.2) is 0 Å². The molecule has 63 heavy (non-hydrogen) atoms. The van der Waals surface area contributed by atoms with Crippen LogP contribution in [-0.2, 0) is 47.6 Å². The molecule has 8 aliphatic rings. The fraction of sp³-hybridized carbons (Fsp3) is 0.882. The zero-order valence-corrected chi connectivity index (χ0v) is 39.3. The van der Waals surface area contributed by atoms with Gasteiger partial charge in [0, 0.05) is 62.1 Å². The summed E-state index contributed by atoms with van der Waals surface area (Å²) in [6.07, 6.45) is 19.2. The second kappa shape index (κ2) is 20.3. The summed E-state index contributed by atoms with van der Waals surface area (Å²) in [6, 6.07) is 0. The highest BCUT2D eigenvalue weighted by Gasteiger charge is 2.65. The first-order valence-electron chi connectivity index (χ1n) is 24.9. The zero-order valence-electron chi connectivity index (χ0n) is 39.3. The number of aliphatic hydroxyl groups is 2. The first-order chi connectivity index (χ1) is 30.1. The smallest absolute Gasteiger partial charge is 0.305 e. The maximum absolute atomic E-state index is 12.0. The van der Waals surface area contributed by atoms with Crippen molar-refractivity contribution in [3.05, 3.63) is 11.6 Å². The molecule has 2 aliphatic heterocycles. The van der Waals surface area contributed by atoms with Crippen LogP contribution in [0.15, 0.2) is 11.6 Å². The van der Waals surface area contributed by atoms with Gasteiger partial charge in [-0.25, -0.2) is 0 Å². The minimum absolute atomic E-state index is 0.0360. The summed E-state index contributed by atoms with van der Waals surface area (Å²) in [5.74, 6) is 0.986. The molecule has 12 nitrogen and oxygen atoms in total. The number of esters is 2. The maximum Gasteiger partial charge on any atom is 0.305 e. The third-order valence-corrected chi connectivity index (χ3v) is 18.3. The summed E-state index contributed by atoms with van der Waals surface area (Å²) in [7, 11) is 0. The van der Waals surface area contributed by atoms with Crippen LogP contribution in [-0.4, -0.2) is 110 Å². The molecule has 0 amide bonds. The molecular formula is C51H80O12. The van der Waals surface area contributed by atoms with Crippen LogP contribution in [0, 0.1) is 51.2 Å². The minimum Gasteiger partial charge on any atom is -0.459 e.